The molecule has 3 heterocycles. The molecule has 0 radical (unpaired) electrons. The molecule has 0 bridgehead atoms. The predicted octanol–water partition coefficient (Wildman–Crippen LogP) is 1.56. The molecular formula is C22H21ClN6O3. The molecule has 1 saturated heterocycles. The topological polar surface area (TPSA) is 134 Å². The lowest BCUT2D eigenvalue weighted by Gasteiger charge is -2.33. The number of aliphatic hydroxyl groups is 1. The van der Waals surface area contributed by atoms with Crippen molar-refractivity contribution in [3.63, 3.8) is 0 Å². The number of nitriles is 1. The number of halogens is 1. The van der Waals surface area contributed by atoms with E-state index in [0.29, 0.717) is 39.4 Å². The van der Waals surface area contributed by atoms with Gasteiger partial charge in [-0.1, -0.05) is 17.7 Å². The summed E-state index contributed by atoms with van der Waals surface area (Å²) in [4.78, 5) is 23.3. The smallest absolute Gasteiger partial charge is 0.274 e. The molecule has 9 nitrogen and oxygen atoms in total. The van der Waals surface area contributed by atoms with Crippen molar-refractivity contribution in [2.45, 2.75) is 12.6 Å². The van der Waals surface area contributed by atoms with Crippen LogP contribution in [0.1, 0.15) is 21.6 Å². The molecule has 164 valence electrons. The van der Waals surface area contributed by atoms with E-state index in [2.05, 4.69) is 25.5 Å². The number of benzene rings is 1. The molecule has 1 aliphatic rings. The summed E-state index contributed by atoms with van der Waals surface area (Å²) in [6.45, 7) is 2.25. The van der Waals surface area contributed by atoms with E-state index in [1.807, 2.05) is 6.07 Å². The van der Waals surface area contributed by atoms with Crippen molar-refractivity contribution in [1.82, 2.24) is 20.6 Å². The summed E-state index contributed by atoms with van der Waals surface area (Å²) in [5.41, 5.74) is 1.42. The van der Waals surface area contributed by atoms with Crippen LogP contribution in [0.4, 0.5) is 5.82 Å². The van der Waals surface area contributed by atoms with E-state index in [0.717, 1.165) is 13.1 Å². The minimum absolute atomic E-state index is 0.0246. The summed E-state index contributed by atoms with van der Waals surface area (Å²) in [7, 11) is 0. The molecule has 0 aliphatic carbocycles. The first kappa shape index (κ1) is 21.8. The highest BCUT2D eigenvalue weighted by molar-refractivity contribution is 6.31. The van der Waals surface area contributed by atoms with Crippen LogP contribution in [0, 0.1) is 11.3 Å². The third-order valence-electron chi connectivity index (χ3n) is 5.34. The molecular weight excluding hydrogens is 432 g/mol. The molecule has 32 heavy (non-hydrogen) atoms. The van der Waals surface area contributed by atoms with Crippen LogP contribution in [0.25, 0.3) is 10.9 Å². The standard InChI is InChI=1S/C22H21ClN6O3/c23-17-7-13(8-24)1-2-14(17)9-27-22(32)20-21(31)16-3-4-19(28-18(16)10-26-20)29-6-5-25-15(11-29)12-30/h1-4,7,10,15,25,30-31H,5-6,9,11-12H2,(H,27,32)/t15-/m1/s1. The molecule has 1 atom stereocenters. The Balaban J connectivity index is 1.52. The van der Waals surface area contributed by atoms with E-state index in [1.165, 1.54) is 12.3 Å². The summed E-state index contributed by atoms with van der Waals surface area (Å²) >= 11 is 6.15. The third-order valence-corrected chi connectivity index (χ3v) is 5.69. The Hall–Kier alpha value is -3.45. The molecule has 3 aromatic rings. The van der Waals surface area contributed by atoms with Crippen LogP contribution in [0.15, 0.2) is 36.5 Å². The molecule has 1 fully saturated rings. The maximum absolute atomic E-state index is 12.6. The van der Waals surface area contributed by atoms with Gasteiger partial charge in [0, 0.05) is 42.6 Å². The van der Waals surface area contributed by atoms with Crippen molar-refractivity contribution in [3.8, 4) is 11.8 Å². The van der Waals surface area contributed by atoms with Gasteiger partial charge in [0.25, 0.3) is 5.91 Å². The fourth-order valence-corrected chi connectivity index (χ4v) is 3.84. The predicted molar refractivity (Wildman–Crippen MR) is 120 cm³/mol. The summed E-state index contributed by atoms with van der Waals surface area (Å²) < 4.78 is 0. The second kappa shape index (κ2) is 9.36. The Morgan fingerprint density at radius 2 is 2.22 bits per heavy atom. The average molecular weight is 453 g/mol. The fourth-order valence-electron chi connectivity index (χ4n) is 3.59. The SMILES string of the molecule is N#Cc1ccc(CNC(=O)c2ncc3nc(N4CCN[C@@H](CO)C4)ccc3c2O)c(Cl)c1. The molecule has 0 saturated carbocycles. The number of nitrogens with zero attached hydrogens (tertiary/aromatic N) is 4. The van der Waals surface area contributed by atoms with Crippen LogP contribution in [0.3, 0.4) is 0 Å². The van der Waals surface area contributed by atoms with Crippen LogP contribution < -0.4 is 15.5 Å². The van der Waals surface area contributed by atoms with Gasteiger partial charge in [0.15, 0.2) is 11.4 Å². The van der Waals surface area contributed by atoms with Crippen molar-refractivity contribution in [2.24, 2.45) is 0 Å². The van der Waals surface area contributed by atoms with Crippen LogP contribution in [0.2, 0.25) is 5.02 Å². The lowest BCUT2D eigenvalue weighted by Crippen LogP contribution is -2.52. The van der Waals surface area contributed by atoms with Crippen LogP contribution in [-0.2, 0) is 6.54 Å². The number of anilines is 1. The maximum Gasteiger partial charge on any atom is 0.274 e. The summed E-state index contributed by atoms with van der Waals surface area (Å²) in [6.07, 6.45) is 1.45. The van der Waals surface area contributed by atoms with Crippen molar-refractivity contribution < 1.29 is 15.0 Å². The number of hydrogen-bond donors (Lipinski definition) is 4. The van der Waals surface area contributed by atoms with Gasteiger partial charge in [0.1, 0.15) is 5.82 Å². The maximum atomic E-state index is 12.6. The second-order valence-corrected chi connectivity index (χ2v) is 7.85. The second-order valence-electron chi connectivity index (χ2n) is 7.44. The number of carbonyl (C=O) groups excluding carboxylic acids is 1. The Labute approximate surface area is 189 Å². The Bertz CT molecular complexity index is 1210. The summed E-state index contributed by atoms with van der Waals surface area (Å²) in [6, 6.07) is 10.3. The van der Waals surface area contributed by atoms with Crippen molar-refractivity contribution in [3.05, 3.63) is 58.4 Å². The molecule has 1 aliphatic heterocycles. The van der Waals surface area contributed by atoms with Gasteiger partial charge in [-0.15, -0.1) is 0 Å². The summed E-state index contributed by atoms with van der Waals surface area (Å²) in [5, 5.41) is 35.6. The highest BCUT2D eigenvalue weighted by atomic mass is 35.5. The van der Waals surface area contributed by atoms with Gasteiger partial charge < -0.3 is 25.7 Å². The van der Waals surface area contributed by atoms with Gasteiger partial charge in [0.05, 0.1) is 30.0 Å². The third kappa shape index (κ3) is 4.43. The number of pyridine rings is 2. The van der Waals surface area contributed by atoms with Gasteiger partial charge in [-0.2, -0.15) is 5.26 Å². The minimum atomic E-state index is -0.554. The van der Waals surface area contributed by atoms with Crippen LogP contribution in [0.5, 0.6) is 5.75 Å². The number of aromatic nitrogens is 2. The lowest BCUT2D eigenvalue weighted by atomic mass is 10.1. The number of nitrogens with one attached hydrogen (secondary N) is 2. The zero-order chi connectivity index (χ0) is 22.7. The Morgan fingerprint density at radius 1 is 1.38 bits per heavy atom. The number of amides is 1. The van der Waals surface area contributed by atoms with Gasteiger partial charge in [-0.3, -0.25) is 4.79 Å². The quantitative estimate of drug-likeness (QED) is 0.458. The van der Waals surface area contributed by atoms with Gasteiger partial charge in [0.2, 0.25) is 0 Å². The van der Waals surface area contributed by atoms with Crippen LogP contribution in [-0.4, -0.2) is 58.4 Å². The Kier molecular flexibility index (Phi) is 6.37. The van der Waals surface area contributed by atoms with E-state index in [9.17, 15) is 15.0 Å². The number of aromatic hydroxyl groups is 1. The lowest BCUT2D eigenvalue weighted by molar-refractivity contribution is 0.0943. The zero-order valence-corrected chi connectivity index (χ0v) is 17.8. The largest absolute Gasteiger partial charge is 0.505 e. The number of aliphatic hydroxyl groups excluding tert-OH is 1. The first-order valence-corrected chi connectivity index (χ1v) is 10.4. The molecule has 1 amide bonds. The monoisotopic (exact) mass is 452 g/mol. The highest BCUT2D eigenvalue weighted by Gasteiger charge is 2.21. The van der Waals surface area contributed by atoms with E-state index in [-0.39, 0.29) is 30.6 Å². The highest BCUT2D eigenvalue weighted by Crippen LogP contribution is 2.28. The van der Waals surface area contributed by atoms with E-state index < -0.39 is 5.91 Å². The molecule has 2 aromatic heterocycles. The van der Waals surface area contributed by atoms with Crippen molar-refractivity contribution in [1.29, 1.82) is 5.26 Å². The normalized spacial score (nSPS) is 16.0. The molecule has 0 unspecified atom stereocenters. The molecule has 4 rings (SSSR count). The van der Waals surface area contributed by atoms with E-state index >= 15 is 0 Å². The average Bonchev–Trinajstić information content (AvgIpc) is 2.83. The van der Waals surface area contributed by atoms with Crippen molar-refractivity contribution in [2.75, 3.05) is 31.1 Å². The molecule has 10 heteroatoms. The van der Waals surface area contributed by atoms with E-state index in [4.69, 9.17) is 16.9 Å². The summed E-state index contributed by atoms with van der Waals surface area (Å²) in [5.74, 6) is -0.0911. The first-order chi connectivity index (χ1) is 15.5. The van der Waals surface area contributed by atoms with Crippen LogP contribution >= 0.6 is 11.6 Å². The fraction of sp³-hybridized carbons (Fsp3) is 0.273. The van der Waals surface area contributed by atoms with Gasteiger partial charge in [-0.05, 0) is 29.8 Å². The van der Waals surface area contributed by atoms with Crippen molar-refractivity contribution >= 4 is 34.2 Å². The Morgan fingerprint density at radius 3 is 2.97 bits per heavy atom. The zero-order valence-electron chi connectivity index (χ0n) is 17.0. The number of fused-ring (bicyclic) bond motifs is 1. The number of rotatable bonds is 5. The van der Waals surface area contributed by atoms with Gasteiger partial charge >= 0.3 is 0 Å². The molecule has 0 spiro atoms. The number of piperazine rings is 1. The van der Waals surface area contributed by atoms with E-state index in [1.54, 1.807) is 24.3 Å². The first-order valence-electron chi connectivity index (χ1n) is 10.0. The number of carbonyl (C=O) groups is 1. The van der Waals surface area contributed by atoms with Gasteiger partial charge in [-0.25, -0.2) is 9.97 Å². The number of hydrogen-bond acceptors (Lipinski definition) is 8. The molecule has 1 aromatic carbocycles. The molecule has 4 N–H and O–H groups in total. The minimum Gasteiger partial charge on any atom is -0.505 e.